The summed E-state index contributed by atoms with van der Waals surface area (Å²) in [5, 5.41) is 14.2. The molecule has 0 saturated heterocycles. The highest BCUT2D eigenvalue weighted by atomic mass is 16.5. The minimum absolute atomic E-state index is 0.0972. The van der Waals surface area contributed by atoms with Crippen molar-refractivity contribution in [3.05, 3.63) is 54.1 Å². The first-order valence-electron chi connectivity index (χ1n) is 6.68. The van der Waals surface area contributed by atoms with Crippen LogP contribution in [0.3, 0.4) is 0 Å². The Labute approximate surface area is 123 Å². The van der Waals surface area contributed by atoms with Crippen LogP contribution in [0.1, 0.15) is 5.56 Å². The number of phenols is 1. The van der Waals surface area contributed by atoms with Gasteiger partial charge >= 0.3 is 0 Å². The number of hydrogen-bond acceptors (Lipinski definition) is 4. The molecule has 0 atom stereocenters. The summed E-state index contributed by atoms with van der Waals surface area (Å²) in [6.45, 7) is 2.06. The fourth-order valence-electron chi connectivity index (χ4n) is 2.33. The molecule has 0 saturated carbocycles. The van der Waals surface area contributed by atoms with Gasteiger partial charge in [0, 0.05) is 17.1 Å². The van der Waals surface area contributed by atoms with Crippen LogP contribution >= 0.6 is 0 Å². The molecular formula is C17H16N2O2. The molecule has 0 radical (unpaired) electrons. The Morgan fingerprint density at radius 2 is 1.90 bits per heavy atom. The lowest BCUT2D eigenvalue weighted by atomic mass is 10.1. The van der Waals surface area contributed by atoms with Gasteiger partial charge in [0.1, 0.15) is 5.82 Å². The van der Waals surface area contributed by atoms with Crippen LogP contribution in [-0.4, -0.2) is 17.2 Å². The van der Waals surface area contributed by atoms with Gasteiger partial charge in [-0.1, -0.05) is 18.2 Å². The number of aromatic nitrogens is 1. The summed E-state index contributed by atoms with van der Waals surface area (Å²) in [6, 6.07) is 15.2. The number of pyridine rings is 1. The van der Waals surface area contributed by atoms with Gasteiger partial charge in [-0.3, -0.25) is 0 Å². The Balaban J connectivity index is 1.96. The van der Waals surface area contributed by atoms with E-state index in [0.717, 1.165) is 28.0 Å². The van der Waals surface area contributed by atoms with E-state index in [4.69, 9.17) is 4.74 Å². The normalized spacial score (nSPS) is 10.6. The van der Waals surface area contributed by atoms with E-state index in [1.165, 1.54) is 7.11 Å². The lowest BCUT2D eigenvalue weighted by Crippen LogP contribution is -1.95. The molecule has 0 spiro atoms. The van der Waals surface area contributed by atoms with Gasteiger partial charge in [0.25, 0.3) is 0 Å². The fourth-order valence-corrected chi connectivity index (χ4v) is 2.33. The average Bonchev–Trinajstić information content (AvgIpc) is 2.47. The van der Waals surface area contributed by atoms with Crippen molar-refractivity contribution in [3.63, 3.8) is 0 Å². The van der Waals surface area contributed by atoms with Gasteiger partial charge in [0.2, 0.25) is 0 Å². The van der Waals surface area contributed by atoms with Crippen LogP contribution in [0.4, 0.5) is 11.5 Å². The van der Waals surface area contributed by atoms with Crippen LogP contribution in [0.2, 0.25) is 0 Å². The number of para-hydroxylation sites is 1. The third-order valence-corrected chi connectivity index (χ3v) is 3.37. The van der Waals surface area contributed by atoms with Crippen LogP contribution < -0.4 is 10.1 Å². The van der Waals surface area contributed by atoms with E-state index in [1.807, 2.05) is 30.3 Å². The maximum absolute atomic E-state index is 9.81. The molecule has 2 N–H and O–H groups in total. The number of phenolic OH excluding ortho intramolecular Hbond substituents is 1. The first-order valence-corrected chi connectivity index (χ1v) is 6.68. The van der Waals surface area contributed by atoms with Crippen molar-refractivity contribution in [2.45, 2.75) is 6.92 Å². The summed E-state index contributed by atoms with van der Waals surface area (Å²) in [6.07, 6.45) is 0. The first-order chi connectivity index (χ1) is 10.2. The number of aryl methyl sites for hydroxylation is 1. The maximum Gasteiger partial charge on any atom is 0.160 e. The largest absolute Gasteiger partial charge is 0.504 e. The monoisotopic (exact) mass is 280 g/mol. The molecular weight excluding hydrogens is 264 g/mol. The zero-order valence-corrected chi connectivity index (χ0v) is 11.9. The Bertz CT molecular complexity index is 800. The minimum Gasteiger partial charge on any atom is -0.504 e. The summed E-state index contributed by atoms with van der Waals surface area (Å²) in [7, 11) is 1.52. The summed E-state index contributed by atoms with van der Waals surface area (Å²) in [4.78, 5) is 4.58. The number of benzene rings is 2. The molecule has 0 aliphatic rings. The Morgan fingerprint density at radius 3 is 2.67 bits per heavy atom. The van der Waals surface area contributed by atoms with Gasteiger partial charge < -0.3 is 15.2 Å². The van der Waals surface area contributed by atoms with Crippen LogP contribution in [0, 0.1) is 6.92 Å². The lowest BCUT2D eigenvalue weighted by molar-refractivity contribution is 0.373. The van der Waals surface area contributed by atoms with Crippen molar-refractivity contribution >= 4 is 22.4 Å². The molecule has 0 unspecified atom stereocenters. The molecule has 106 valence electrons. The third-order valence-electron chi connectivity index (χ3n) is 3.37. The molecule has 0 aliphatic carbocycles. The Kier molecular flexibility index (Phi) is 3.36. The van der Waals surface area contributed by atoms with Crippen molar-refractivity contribution in [1.29, 1.82) is 0 Å². The molecule has 0 aliphatic heterocycles. The number of aromatic hydroxyl groups is 1. The zero-order chi connectivity index (χ0) is 14.8. The number of ether oxygens (including phenoxy) is 1. The second-order valence-corrected chi connectivity index (χ2v) is 4.85. The highest BCUT2D eigenvalue weighted by Crippen LogP contribution is 2.30. The molecule has 1 heterocycles. The smallest absolute Gasteiger partial charge is 0.160 e. The maximum atomic E-state index is 9.81. The molecule has 21 heavy (non-hydrogen) atoms. The molecule has 2 aromatic carbocycles. The standard InChI is InChI=1S/C17H16N2O2/c1-11-9-17(19-14-6-4-3-5-13(11)14)18-12-7-8-16(21-2)15(20)10-12/h3-10,20H,1-2H3,(H,18,19). The van der Waals surface area contributed by atoms with Crippen molar-refractivity contribution in [2.75, 3.05) is 12.4 Å². The van der Waals surface area contributed by atoms with Crippen LogP contribution in [-0.2, 0) is 0 Å². The summed E-state index contributed by atoms with van der Waals surface area (Å²) >= 11 is 0. The number of anilines is 2. The first kappa shape index (κ1) is 13.2. The van der Waals surface area contributed by atoms with E-state index in [1.54, 1.807) is 12.1 Å². The number of fused-ring (bicyclic) bond motifs is 1. The average molecular weight is 280 g/mol. The number of nitrogens with one attached hydrogen (secondary N) is 1. The molecule has 4 heteroatoms. The summed E-state index contributed by atoms with van der Waals surface area (Å²) in [5.74, 6) is 1.29. The fraction of sp³-hybridized carbons (Fsp3) is 0.118. The second kappa shape index (κ2) is 5.32. The Morgan fingerprint density at radius 1 is 1.10 bits per heavy atom. The van der Waals surface area contributed by atoms with Gasteiger partial charge in [-0.05, 0) is 36.8 Å². The summed E-state index contributed by atoms with van der Waals surface area (Å²) < 4.78 is 5.03. The third kappa shape index (κ3) is 2.60. The van der Waals surface area contributed by atoms with Gasteiger partial charge in [0.05, 0.1) is 12.6 Å². The van der Waals surface area contributed by atoms with E-state index < -0.39 is 0 Å². The number of nitrogens with zero attached hydrogens (tertiary/aromatic N) is 1. The number of methoxy groups -OCH3 is 1. The molecule has 0 bridgehead atoms. The molecule has 0 amide bonds. The van der Waals surface area contributed by atoms with Crippen LogP contribution in [0.5, 0.6) is 11.5 Å². The minimum atomic E-state index is 0.0972. The van der Waals surface area contributed by atoms with E-state index >= 15 is 0 Å². The van der Waals surface area contributed by atoms with Gasteiger partial charge in [-0.15, -0.1) is 0 Å². The zero-order valence-electron chi connectivity index (χ0n) is 11.9. The van der Waals surface area contributed by atoms with Crippen LogP contribution in [0.15, 0.2) is 48.5 Å². The SMILES string of the molecule is COc1ccc(Nc2cc(C)c3ccccc3n2)cc1O. The van der Waals surface area contributed by atoms with E-state index in [0.29, 0.717) is 5.75 Å². The van der Waals surface area contributed by atoms with E-state index in [-0.39, 0.29) is 5.75 Å². The molecule has 4 nitrogen and oxygen atoms in total. The van der Waals surface area contributed by atoms with Gasteiger partial charge in [-0.2, -0.15) is 0 Å². The van der Waals surface area contributed by atoms with Crippen LogP contribution in [0.25, 0.3) is 10.9 Å². The van der Waals surface area contributed by atoms with Gasteiger partial charge in [-0.25, -0.2) is 4.98 Å². The quantitative estimate of drug-likeness (QED) is 0.761. The van der Waals surface area contributed by atoms with Crippen molar-refractivity contribution in [3.8, 4) is 11.5 Å². The van der Waals surface area contributed by atoms with E-state index in [9.17, 15) is 5.11 Å². The topological polar surface area (TPSA) is 54.4 Å². The van der Waals surface area contributed by atoms with E-state index in [2.05, 4.69) is 23.3 Å². The predicted octanol–water partition coefficient (Wildman–Crippen LogP) is 4.00. The number of hydrogen-bond donors (Lipinski definition) is 2. The molecule has 1 aromatic heterocycles. The molecule has 0 fully saturated rings. The van der Waals surface area contributed by atoms with Gasteiger partial charge in [0.15, 0.2) is 11.5 Å². The van der Waals surface area contributed by atoms with Crippen molar-refractivity contribution in [2.24, 2.45) is 0 Å². The lowest BCUT2D eigenvalue weighted by Gasteiger charge is -2.10. The van der Waals surface area contributed by atoms with Crippen molar-refractivity contribution < 1.29 is 9.84 Å². The second-order valence-electron chi connectivity index (χ2n) is 4.85. The summed E-state index contributed by atoms with van der Waals surface area (Å²) in [5.41, 5.74) is 2.86. The highest BCUT2D eigenvalue weighted by molar-refractivity contribution is 5.84. The molecule has 3 aromatic rings. The Hall–Kier alpha value is -2.75. The molecule has 3 rings (SSSR count). The highest BCUT2D eigenvalue weighted by Gasteiger charge is 2.05. The number of rotatable bonds is 3. The van der Waals surface area contributed by atoms with Crippen molar-refractivity contribution in [1.82, 2.24) is 4.98 Å². The predicted molar refractivity (Wildman–Crippen MR) is 84.4 cm³/mol.